The number of esters is 1. The number of rotatable bonds is 8. The second-order valence-corrected chi connectivity index (χ2v) is 7.93. The highest BCUT2D eigenvalue weighted by atomic mass is 16.6. The molecule has 180 valence electrons. The van der Waals surface area contributed by atoms with Crippen LogP contribution in [0.1, 0.15) is 25.3 Å². The number of fused-ring (bicyclic) bond motifs is 3. The Morgan fingerprint density at radius 3 is 2.43 bits per heavy atom. The summed E-state index contributed by atoms with van der Waals surface area (Å²) < 4.78 is 21.3. The van der Waals surface area contributed by atoms with Gasteiger partial charge in [-0.15, -0.1) is 0 Å². The van der Waals surface area contributed by atoms with Crippen LogP contribution in [0.2, 0.25) is 0 Å². The van der Waals surface area contributed by atoms with Crippen molar-refractivity contribution in [1.29, 1.82) is 0 Å². The topological polar surface area (TPSA) is 104 Å². The summed E-state index contributed by atoms with van der Waals surface area (Å²) in [5.74, 6) is 0.0984. The summed E-state index contributed by atoms with van der Waals surface area (Å²) in [6.45, 7) is 1.98. The fourth-order valence-electron chi connectivity index (χ4n) is 3.71. The monoisotopic (exact) mass is 475 g/mol. The van der Waals surface area contributed by atoms with E-state index in [0.717, 1.165) is 5.56 Å². The highest BCUT2D eigenvalue weighted by Gasteiger charge is 2.23. The maximum Gasteiger partial charge on any atom is 0.408 e. The molecule has 1 amide bonds. The Kier molecular flexibility index (Phi) is 7.30. The van der Waals surface area contributed by atoms with E-state index in [-0.39, 0.29) is 17.9 Å². The lowest BCUT2D eigenvalue weighted by Gasteiger charge is -2.17. The Morgan fingerprint density at radius 2 is 1.69 bits per heavy atom. The number of carbonyl (C=O) groups excluding carboxylic acids is 2. The van der Waals surface area contributed by atoms with Gasteiger partial charge in [0.25, 0.3) is 0 Å². The van der Waals surface area contributed by atoms with E-state index in [1.807, 2.05) is 37.3 Å². The summed E-state index contributed by atoms with van der Waals surface area (Å²) in [5, 5.41) is 4.35. The lowest BCUT2D eigenvalue weighted by molar-refractivity contribution is -0.136. The van der Waals surface area contributed by atoms with E-state index >= 15 is 0 Å². The molecule has 0 saturated carbocycles. The Hall–Kier alpha value is -4.33. The summed E-state index contributed by atoms with van der Waals surface area (Å²) in [6.07, 6.45) is 0.297. The number of carbonyl (C=O) groups is 2. The fraction of sp³-hybridized carbons (Fsp3) is 0.222. The number of hydrogen-bond donors (Lipinski definition) is 1. The maximum atomic E-state index is 12.8. The molecule has 0 bridgehead atoms. The predicted molar refractivity (Wildman–Crippen MR) is 131 cm³/mol. The molecule has 0 aliphatic heterocycles. The third-order valence-electron chi connectivity index (χ3n) is 5.48. The van der Waals surface area contributed by atoms with Crippen LogP contribution in [0.3, 0.4) is 0 Å². The van der Waals surface area contributed by atoms with Gasteiger partial charge in [0.05, 0.1) is 12.5 Å². The van der Waals surface area contributed by atoms with Crippen molar-refractivity contribution in [2.45, 2.75) is 32.4 Å². The maximum absolute atomic E-state index is 12.8. The largest absolute Gasteiger partial charge is 0.497 e. The van der Waals surface area contributed by atoms with E-state index < -0.39 is 23.7 Å². The smallest absolute Gasteiger partial charge is 0.408 e. The van der Waals surface area contributed by atoms with Crippen molar-refractivity contribution in [3.63, 3.8) is 0 Å². The zero-order chi connectivity index (χ0) is 24.8. The predicted octanol–water partition coefficient (Wildman–Crippen LogP) is 4.96. The van der Waals surface area contributed by atoms with Crippen molar-refractivity contribution in [1.82, 2.24) is 5.32 Å². The zero-order valence-corrected chi connectivity index (χ0v) is 19.4. The Morgan fingerprint density at radius 1 is 0.943 bits per heavy atom. The van der Waals surface area contributed by atoms with Gasteiger partial charge < -0.3 is 23.9 Å². The average Bonchev–Trinajstić information content (AvgIpc) is 2.87. The normalized spacial score (nSPS) is 11.7. The molecule has 8 heteroatoms. The van der Waals surface area contributed by atoms with Crippen molar-refractivity contribution in [3.05, 3.63) is 82.7 Å². The number of amides is 1. The molecule has 1 unspecified atom stereocenters. The molecule has 0 saturated heterocycles. The van der Waals surface area contributed by atoms with Gasteiger partial charge in [0.15, 0.2) is 0 Å². The Balaban J connectivity index is 1.48. The van der Waals surface area contributed by atoms with Crippen molar-refractivity contribution in [2.75, 3.05) is 7.11 Å². The summed E-state index contributed by atoms with van der Waals surface area (Å²) in [6, 6.07) is 18.3. The lowest BCUT2D eigenvalue weighted by atomic mass is 10.1. The molecule has 0 aliphatic carbocycles. The van der Waals surface area contributed by atoms with E-state index in [4.69, 9.17) is 18.6 Å². The van der Waals surface area contributed by atoms with Gasteiger partial charge >= 0.3 is 17.7 Å². The number of benzene rings is 3. The first kappa shape index (κ1) is 23.8. The van der Waals surface area contributed by atoms with Gasteiger partial charge in [-0.2, -0.15) is 0 Å². The molecular formula is C27H25NO7. The third-order valence-corrected chi connectivity index (χ3v) is 5.48. The molecule has 3 aromatic carbocycles. The van der Waals surface area contributed by atoms with Crippen LogP contribution in [0.15, 0.2) is 75.9 Å². The van der Waals surface area contributed by atoms with Crippen molar-refractivity contribution in [3.8, 4) is 11.5 Å². The Labute approximate surface area is 201 Å². The van der Waals surface area contributed by atoms with Gasteiger partial charge in [-0.05, 0) is 42.3 Å². The van der Waals surface area contributed by atoms with Crippen LogP contribution in [0.25, 0.3) is 21.7 Å². The van der Waals surface area contributed by atoms with Gasteiger partial charge in [-0.25, -0.2) is 14.4 Å². The summed E-state index contributed by atoms with van der Waals surface area (Å²) in [4.78, 5) is 37.5. The number of hydrogen-bond acceptors (Lipinski definition) is 7. The molecule has 1 N–H and O–H groups in total. The second kappa shape index (κ2) is 10.7. The van der Waals surface area contributed by atoms with Crippen molar-refractivity contribution < 1.29 is 28.2 Å². The molecule has 1 atom stereocenters. The molecule has 4 rings (SSSR count). The Bertz CT molecular complexity index is 1410. The molecule has 8 nitrogen and oxygen atoms in total. The first-order valence-corrected chi connectivity index (χ1v) is 11.2. The number of nitrogens with one attached hydrogen (secondary N) is 1. The highest BCUT2D eigenvalue weighted by Crippen LogP contribution is 2.28. The standard InChI is InChI=1S/C27H25NO7/c1-3-7-23(28-27(31)33-16-17-8-5-4-6-9-17)26(30)34-19-11-13-21-20-12-10-18(32-2)14-22(20)25(29)35-24(21)15-19/h4-6,8-15,23H,3,7,16H2,1-2H3,(H,28,31). The fourth-order valence-corrected chi connectivity index (χ4v) is 3.71. The van der Waals surface area contributed by atoms with E-state index in [0.29, 0.717) is 34.7 Å². The van der Waals surface area contributed by atoms with Gasteiger partial charge in [-0.1, -0.05) is 43.7 Å². The van der Waals surface area contributed by atoms with Crippen molar-refractivity contribution in [2.24, 2.45) is 0 Å². The third kappa shape index (κ3) is 5.60. The first-order chi connectivity index (χ1) is 17.0. The van der Waals surface area contributed by atoms with Crippen molar-refractivity contribution >= 4 is 33.8 Å². The van der Waals surface area contributed by atoms with Crippen LogP contribution in [0, 0.1) is 0 Å². The van der Waals surface area contributed by atoms with E-state index in [1.54, 1.807) is 30.3 Å². The van der Waals surface area contributed by atoms with Crippen LogP contribution < -0.4 is 20.4 Å². The van der Waals surface area contributed by atoms with Crippen LogP contribution in [0.5, 0.6) is 11.5 Å². The minimum atomic E-state index is -0.893. The van der Waals surface area contributed by atoms with Gasteiger partial charge in [0.2, 0.25) is 0 Å². The zero-order valence-electron chi connectivity index (χ0n) is 19.4. The minimum Gasteiger partial charge on any atom is -0.497 e. The number of alkyl carbamates (subject to hydrolysis) is 1. The second-order valence-electron chi connectivity index (χ2n) is 7.93. The molecule has 4 aromatic rings. The molecule has 1 aromatic heterocycles. The average molecular weight is 475 g/mol. The summed E-state index contributed by atoms with van der Waals surface area (Å²) >= 11 is 0. The van der Waals surface area contributed by atoms with Crippen LogP contribution >= 0.6 is 0 Å². The van der Waals surface area contributed by atoms with Crippen LogP contribution in [0.4, 0.5) is 4.79 Å². The van der Waals surface area contributed by atoms with E-state index in [1.165, 1.54) is 13.2 Å². The van der Waals surface area contributed by atoms with E-state index in [2.05, 4.69) is 5.32 Å². The highest BCUT2D eigenvalue weighted by molar-refractivity contribution is 6.05. The lowest BCUT2D eigenvalue weighted by Crippen LogP contribution is -2.43. The van der Waals surface area contributed by atoms with Gasteiger partial charge in [-0.3, -0.25) is 0 Å². The summed E-state index contributed by atoms with van der Waals surface area (Å²) in [7, 11) is 1.52. The molecule has 0 aliphatic rings. The summed E-state index contributed by atoms with van der Waals surface area (Å²) in [5.41, 5.74) is 0.586. The van der Waals surface area contributed by atoms with Gasteiger partial charge in [0, 0.05) is 16.8 Å². The molecule has 0 radical (unpaired) electrons. The van der Waals surface area contributed by atoms with Crippen LogP contribution in [-0.2, 0) is 16.1 Å². The molecule has 0 fully saturated rings. The molecule has 35 heavy (non-hydrogen) atoms. The molecular weight excluding hydrogens is 450 g/mol. The number of methoxy groups -OCH3 is 1. The van der Waals surface area contributed by atoms with E-state index in [9.17, 15) is 14.4 Å². The minimum absolute atomic E-state index is 0.0874. The first-order valence-electron chi connectivity index (χ1n) is 11.2. The quantitative estimate of drug-likeness (QED) is 0.166. The van der Waals surface area contributed by atoms with Crippen LogP contribution in [-0.4, -0.2) is 25.2 Å². The number of ether oxygens (including phenoxy) is 3. The SMILES string of the molecule is CCCC(NC(=O)OCc1ccccc1)C(=O)Oc1ccc2c(c1)oc(=O)c1cc(OC)ccc12. The molecule has 0 spiro atoms. The molecule has 1 heterocycles. The van der Waals surface area contributed by atoms with Gasteiger partial charge in [0.1, 0.15) is 29.7 Å².